The lowest BCUT2D eigenvalue weighted by Gasteiger charge is -2.21. The lowest BCUT2D eigenvalue weighted by Crippen LogP contribution is -2.15. The zero-order valence-corrected chi connectivity index (χ0v) is 12.7. The molecule has 109 valence electrons. The summed E-state index contributed by atoms with van der Waals surface area (Å²) in [6.45, 7) is 2.97. The molecule has 0 aromatic heterocycles. The maximum atomic E-state index is 5.94. The van der Waals surface area contributed by atoms with E-state index in [9.17, 15) is 0 Å². The topological polar surface area (TPSA) is 9.23 Å². The Labute approximate surface area is 128 Å². The van der Waals surface area contributed by atoms with Gasteiger partial charge in [0.05, 0.1) is 6.61 Å². The molecule has 0 spiro atoms. The molecule has 1 aliphatic carbocycles. The van der Waals surface area contributed by atoms with Gasteiger partial charge >= 0.3 is 0 Å². The third kappa shape index (κ3) is 3.87. The third-order valence-electron chi connectivity index (χ3n) is 4.28. The molecule has 1 nitrogen and oxygen atoms in total. The Balaban J connectivity index is 1.59. The summed E-state index contributed by atoms with van der Waals surface area (Å²) in [7, 11) is 0. The molecule has 1 saturated carbocycles. The molecular formula is C20H23O. The van der Waals surface area contributed by atoms with Gasteiger partial charge in [-0.05, 0) is 68.2 Å². The van der Waals surface area contributed by atoms with Crippen LogP contribution in [-0.4, -0.2) is 6.61 Å². The smallest absolute Gasteiger partial charge is 0.119 e. The van der Waals surface area contributed by atoms with Crippen LogP contribution in [0.15, 0.2) is 48.5 Å². The SMILES string of the molecule is Cc1ccc(-c2ccc(OCC3CC[CH]CC3)cc2)cc1. The van der Waals surface area contributed by atoms with Gasteiger partial charge in [0.25, 0.3) is 0 Å². The largest absolute Gasteiger partial charge is 0.493 e. The van der Waals surface area contributed by atoms with Crippen molar-refractivity contribution in [2.75, 3.05) is 6.61 Å². The molecule has 1 fully saturated rings. The number of hydrogen-bond acceptors (Lipinski definition) is 1. The zero-order valence-electron chi connectivity index (χ0n) is 12.7. The lowest BCUT2D eigenvalue weighted by atomic mass is 9.90. The van der Waals surface area contributed by atoms with Crippen LogP contribution in [-0.2, 0) is 0 Å². The van der Waals surface area contributed by atoms with E-state index in [2.05, 4.69) is 61.9 Å². The predicted octanol–water partition coefficient (Wildman–Crippen LogP) is 5.44. The van der Waals surface area contributed by atoms with Gasteiger partial charge in [-0.25, -0.2) is 0 Å². The number of hydrogen-bond donors (Lipinski definition) is 0. The Morgan fingerprint density at radius 3 is 2.05 bits per heavy atom. The van der Waals surface area contributed by atoms with Crippen molar-refractivity contribution in [3.05, 3.63) is 60.5 Å². The summed E-state index contributed by atoms with van der Waals surface area (Å²) in [5.74, 6) is 1.71. The highest BCUT2D eigenvalue weighted by Gasteiger charge is 2.14. The molecule has 0 saturated heterocycles. The zero-order chi connectivity index (χ0) is 14.5. The highest BCUT2D eigenvalue weighted by molar-refractivity contribution is 5.64. The summed E-state index contributed by atoms with van der Waals surface area (Å²) in [5.41, 5.74) is 3.80. The van der Waals surface area contributed by atoms with E-state index in [1.807, 2.05) is 0 Å². The van der Waals surface area contributed by atoms with Gasteiger partial charge in [0.2, 0.25) is 0 Å². The van der Waals surface area contributed by atoms with Crippen LogP contribution in [0, 0.1) is 19.3 Å². The van der Waals surface area contributed by atoms with Gasteiger partial charge in [0.1, 0.15) is 5.75 Å². The van der Waals surface area contributed by atoms with E-state index in [4.69, 9.17) is 4.74 Å². The van der Waals surface area contributed by atoms with Crippen LogP contribution in [0.3, 0.4) is 0 Å². The van der Waals surface area contributed by atoms with Crippen molar-refractivity contribution in [3.63, 3.8) is 0 Å². The molecule has 1 heteroatoms. The van der Waals surface area contributed by atoms with Crippen molar-refractivity contribution in [1.29, 1.82) is 0 Å². The molecular weight excluding hydrogens is 256 g/mol. The number of rotatable bonds is 4. The molecule has 1 aliphatic rings. The summed E-state index contributed by atoms with van der Waals surface area (Å²) < 4.78 is 5.94. The minimum atomic E-state index is 0.728. The average Bonchev–Trinajstić information content (AvgIpc) is 2.55. The standard InChI is InChI=1S/C20H23O/c1-16-7-9-18(10-8-16)19-11-13-20(14-12-19)21-15-17-5-3-2-4-6-17/h2,7-14,17H,3-6,15H2,1H3. The molecule has 0 N–H and O–H groups in total. The molecule has 0 amide bonds. The van der Waals surface area contributed by atoms with Crippen LogP contribution in [0.4, 0.5) is 0 Å². The van der Waals surface area contributed by atoms with E-state index in [0.717, 1.165) is 18.3 Å². The maximum absolute atomic E-state index is 5.94. The molecule has 21 heavy (non-hydrogen) atoms. The molecule has 0 atom stereocenters. The van der Waals surface area contributed by atoms with E-state index in [-0.39, 0.29) is 0 Å². The van der Waals surface area contributed by atoms with E-state index in [1.165, 1.54) is 42.4 Å². The van der Waals surface area contributed by atoms with Crippen LogP contribution in [0.2, 0.25) is 0 Å². The second-order valence-electron chi connectivity index (χ2n) is 6.01. The number of ether oxygens (including phenoxy) is 1. The molecule has 2 aromatic carbocycles. The molecule has 2 aromatic rings. The summed E-state index contributed by atoms with van der Waals surface area (Å²) in [5, 5.41) is 0. The van der Waals surface area contributed by atoms with Crippen molar-refractivity contribution < 1.29 is 4.74 Å². The quantitative estimate of drug-likeness (QED) is 0.724. The van der Waals surface area contributed by atoms with E-state index < -0.39 is 0 Å². The van der Waals surface area contributed by atoms with Gasteiger partial charge in [0.15, 0.2) is 0 Å². The first-order valence-corrected chi connectivity index (χ1v) is 7.93. The van der Waals surface area contributed by atoms with Crippen molar-refractivity contribution in [2.45, 2.75) is 32.6 Å². The van der Waals surface area contributed by atoms with Gasteiger partial charge in [-0.1, -0.05) is 42.0 Å². The van der Waals surface area contributed by atoms with Crippen LogP contribution in [0.1, 0.15) is 31.2 Å². The number of benzene rings is 2. The molecule has 0 aliphatic heterocycles. The second-order valence-corrected chi connectivity index (χ2v) is 6.01. The predicted molar refractivity (Wildman–Crippen MR) is 88.4 cm³/mol. The fourth-order valence-electron chi connectivity index (χ4n) is 2.87. The van der Waals surface area contributed by atoms with Crippen molar-refractivity contribution in [1.82, 2.24) is 0 Å². The maximum Gasteiger partial charge on any atom is 0.119 e. The Morgan fingerprint density at radius 2 is 1.43 bits per heavy atom. The Morgan fingerprint density at radius 1 is 0.857 bits per heavy atom. The second kappa shape index (κ2) is 6.80. The first-order chi connectivity index (χ1) is 10.3. The van der Waals surface area contributed by atoms with E-state index in [1.54, 1.807) is 0 Å². The fraction of sp³-hybridized carbons (Fsp3) is 0.350. The molecule has 3 rings (SSSR count). The van der Waals surface area contributed by atoms with Crippen LogP contribution < -0.4 is 4.74 Å². The average molecular weight is 279 g/mol. The summed E-state index contributed by atoms with van der Waals surface area (Å²) >= 11 is 0. The molecule has 1 radical (unpaired) electrons. The first kappa shape index (κ1) is 14.2. The van der Waals surface area contributed by atoms with Crippen LogP contribution in [0.5, 0.6) is 5.75 Å². The molecule has 0 bridgehead atoms. The van der Waals surface area contributed by atoms with Gasteiger partial charge in [-0.3, -0.25) is 0 Å². The minimum absolute atomic E-state index is 0.728. The van der Waals surface area contributed by atoms with Crippen molar-refractivity contribution in [3.8, 4) is 16.9 Å². The Hall–Kier alpha value is -1.76. The van der Waals surface area contributed by atoms with Gasteiger partial charge < -0.3 is 4.74 Å². The van der Waals surface area contributed by atoms with Gasteiger partial charge in [-0.15, -0.1) is 0 Å². The highest BCUT2D eigenvalue weighted by Crippen LogP contribution is 2.26. The fourth-order valence-corrected chi connectivity index (χ4v) is 2.87. The first-order valence-electron chi connectivity index (χ1n) is 7.93. The highest BCUT2D eigenvalue weighted by atomic mass is 16.5. The molecule has 0 heterocycles. The van der Waals surface area contributed by atoms with E-state index >= 15 is 0 Å². The number of aryl methyl sites for hydroxylation is 1. The normalized spacial score (nSPS) is 15.9. The Bertz CT molecular complexity index is 547. The van der Waals surface area contributed by atoms with Crippen LogP contribution in [0.25, 0.3) is 11.1 Å². The van der Waals surface area contributed by atoms with Crippen LogP contribution >= 0.6 is 0 Å². The summed E-state index contributed by atoms with van der Waals surface area (Å²) in [6, 6.07) is 17.1. The van der Waals surface area contributed by atoms with Crippen molar-refractivity contribution in [2.24, 2.45) is 5.92 Å². The Kier molecular flexibility index (Phi) is 4.59. The lowest BCUT2D eigenvalue weighted by molar-refractivity contribution is 0.221. The third-order valence-corrected chi connectivity index (χ3v) is 4.28. The molecule has 0 unspecified atom stereocenters. The van der Waals surface area contributed by atoms with E-state index in [0.29, 0.717) is 0 Å². The summed E-state index contributed by atoms with van der Waals surface area (Å²) in [6.07, 6.45) is 7.45. The van der Waals surface area contributed by atoms with Gasteiger partial charge in [0, 0.05) is 0 Å². The summed E-state index contributed by atoms with van der Waals surface area (Å²) in [4.78, 5) is 0. The minimum Gasteiger partial charge on any atom is -0.493 e. The monoisotopic (exact) mass is 279 g/mol. The van der Waals surface area contributed by atoms with Gasteiger partial charge in [-0.2, -0.15) is 0 Å². The van der Waals surface area contributed by atoms with Crippen molar-refractivity contribution >= 4 is 0 Å².